The highest BCUT2D eigenvalue weighted by atomic mass is 33.5. The lowest BCUT2D eigenvalue weighted by atomic mass is 10.0. The van der Waals surface area contributed by atoms with Crippen LogP contribution in [0.1, 0.15) is 84.7 Å². The minimum Gasteiger partial charge on any atom is -0.469 e. The molecule has 0 aliphatic heterocycles. The van der Waals surface area contributed by atoms with Crippen molar-refractivity contribution in [3.8, 4) is 23.0 Å². The van der Waals surface area contributed by atoms with E-state index in [1.165, 1.54) is 28.4 Å². The Hall–Kier alpha value is -4.75. The quantitative estimate of drug-likeness (QED) is 0.0609. The van der Waals surface area contributed by atoms with E-state index in [1.54, 1.807) is 41.5 Å². The van der Waals surface area contributed by atoms with Crippen LogP contribution in [0.3, 0.4) is 0 Å². The Kier molecular flexibility index (Phi) is 19.9. The molecule has 0 unspecified atom stereocenters. The van der Waals surface area contributed by atoms with E-state index in [0.717, 1.165) is 31.4 Å². The average molecular weight is 855 g/mol. The third-order valence-electron chi connectivity index (χ3n) is 8.40. The lowest BCUT2D eigenvalue weighted by Gasteiger charge is -2.22. The maximum absolute atomic E-state index is 13.0. The van der Waals surface area contributed by atoms with Crippen molar-refractivity contribution in [3.63, 3.8) is 0 Å². The van der Waals surface area contributed by atoms with Gasteiger partial charge in [-0.1, -0.05) is 0 Å². The Morgan fingerprint density at radius 3 is 0.789 bits per heavy atom. The first-order valence-electron chi connectivity index (χ1n) is 17.3. The van der Waals surface area contributed by atoms with Crippen molar-refractivity contribution in [2.24, 2.45) is 0 Å². The van der Waals surface area contributed by atoms with Gasteiger partial charge in [0.2, 0.25) is 0 Å². The minimum atomic E-state index is -0.727. The van der Waals surface area contributed by atoms with Gasteiger partial charge in [0.1, 0.15) is 23.0 Å². The van der Waals surface area contributed by atoms with Crippen LogP contribution in [0.2, 0.25) is 0 Å². The highest BCUT2D eigenvalue weighted by Crippen LogP contribution is 2.55. The number of rotatable bonds is 20. The maximum Gasteiger partial charge on any atom is 0.311 e. The molecule has 0 fully saturated rings. The van der Waals surface area contributed by atoms with Crippen molar-refractivity contribution in [2.45, 2.75) is 103 Å². The molecule has 0 saturated heterocycles. The molecular formula is C38H46O16S3. The zero-order valence-electron chi connectivity index (χ0n) is 33.4. The molecule has 0 bridgehead atoms. The van der Waals surface area contributed by atoms with Crippen molar-refractivity contribution in [2.75, 3.05) is 28.4 Å². The van der Waals surface area contributed by atoms with Crippen LogP contribution < -0.4 is 18.9 Å². The van der Waals surface area contributed by atoms with Gasteiger partial charge in [0.25, 0.3) is 0 Å². The SMILES string of the molecule is COC(=O)CCC(=O)Oc1c(C)c(C)c(OC(=O)CCC(=O)OC)c(SSSc2c(C)c(OC(=O)CCC(=O)OC)c(C)c(C)c2OC(=O)CCC(=O)OC)c1C. The molecule has 2 rings (SSSR count). The molecule has 0 aliphatic carbocycles. The number of benzene rings is 2. The average Bonchev–Trinajstić information content (AvgIpc) is 3.20. The number of carbonyl (C=O) groups excluding carboxylic acids is 8. The largest absolute Gasteiger partial charge is 0.469 e. The number of ether oxygens (including phenoxy) is 8. The summed E-state index contributed by atoms with van der Waals surface area (Å²) in [5, 5.41) is 0. The Balaban J connectivity index is 2.64. The Morgan fingerprint density at radius 1 is 0.333 bits per heavy atom. The van der Waals surface area contributed by atoms with Crippen LogP contribution in [-0.2, 0) is 57.3 Å². The number of hydrogen-bond donors (Lipinski definition) is 0. The van der Waals surface area contributed by atoms with Gasteiger partial charge in [-0.15, -0.1) is 0 Å². The lowest BCUT2D eigenvalue weighted by molar-refractivity contribution is -0.144. The molecule has 0 atom stereocenters. The summed E-state index contributed by atoms with van der Waals surface area (Å²) in [6.07, 6.45) is -1.94. The van der Waals surface area contributed by atoms with E-state index in [2.05, 4.69) is 18.9 Å². The predicted octanol–water partition coefficient (Wildman–Crippen LogP) is 6.42. The lowest BCUT2D eigenvalue weighted by Crippen LogP contribution is -2.15. The van der Waals surface area contributed by atoms with Crippen LogP contribution in [0.4, 0.5) is 0 Å². The van der Waals surface area contributed by atoms with E-state index in [9.17, 15) is 38.4 Å². The monoisotopic (exact) mass is 854 g/mol. The van der Waals surface area contributed by atoms with Crippen LogP contribution >= 0.6 is 31.4 Å². The van der Waals surface area contributed by atoms with E-state index in [1.807, 2.05) is 0 Å². The molecule has 0 spiro atoms. The van der Waals surface area contributed by atoms with Crippen LogP contribution in [0.15, 0.2) is 9.79 Å². The molecule has 2 aromatic carbocycles. The van der Waals surface area contributed by atoms with Gasteiger partial charge in [-0.05, 0) is 95.2 Å². The fourth-order valence-corrected chi connectivity index (χ4v) is 9.24. The van der Waals surface area contributed by atoms with Crippen LogP contribution in [-0.4, -0.2) is 76.2 Å². The number of carbonyl (C=O) groups is 8. The molecule has 312 valence electrons. The topological polar surface area (TPSA) is 210 Å². The summed E-state index contributed by atoms with van der Waals surface area (Å²) in [6.45, 7) is 9.95. The normalized spacial score (nSPS) is 10.6. The molecule has 0 amide bonds. The molecule has 0 radical (unpaired) electrons. The van der Waals surface area contributed by atoms with E-state index in [4.69, 9.17) is 18.9 Å². The summed E-state index contributed by atoms with van der Waals surface area (Å²) < 4.78 is 41.6. The second-order valence-corrected chi connectivity index (χ2v) is 16.1. The molecule has 0 heterocycles. The maximum atomic E-state index is 13.0. The summed E-state index contributed by atoms with van der Waals surface area (Å²) in [6, 6.07) is 0. The minimum absolute atomic E-state index is 0.138. The number of hydrogen-bond acceptors (Lipinski definition) is 19. The van der Waals surface area contributed by atoms with Crippen LogP contribution in [0.25, 0.3) is 0 Å². The van der Waals surface area contributed by atoms with Gasteiger partial charge in [-0.2, -0.15) is 0 Å². The molecule has 57 heavy (non-hydrogen) atoms. The molecule has 0 saturated carbocycles. The van der Waals surface area contributed by atoms with Crippen molar-refractivity contribution in [1.29, 1.82) is 0 Å². The summed E-state index contributed by atoms with van der Waals surface area (Å²) in [5.74, 6) is -4.63. The summed E-state index contributed by atoms with van der Waals surface area (Å²) >= 11 is 0. The molecule has 0 N–H and O–H groups in total. The first kappa shape index (κ1) is 48.4. The second kappa shape index (κ2) is 23.5. The van der Waals surface area contributed by atoms with Gasteiger partial charge >= 0.3 is 47.8 Å². The first-order chi connectivity index (χ1) is 26.9. The van der Waals surface area contributed by atoms with E-state index in [0.29, 0.717) is 43.2 Å². The second-order valence-electron chi connectivity index (χ2n) is 12.2. The third-order valence-corrected chi connectivity index (χ3v) is 12.5. The van der Waals surface area contributed by atoms with Gasteiger partial charge < -0.3 is 37.9 Å². The van der Waals surface area contributed by atoms with Crippen molar-refractivity contribution >= 4 is 79.2 Å². The fraction of sp³-hybridized carbons (Fsp3) is 0.474. The van der Waals surface area contributed by atoms with Crippen molar-refractivity contribution in [3.05, 3.63) is 33.4 Å². The predicted molar refractivity (Wildman–Crippen MR) is 208 cm³/mol. The summed E-state index contributed by atoms with van der Waals surface area (Å²) in [7, 11) is 8.15. The summed E-state index contributed by atoms with van der Waals surface area (Å²) in [4.78, 5) is 99.1. The summed E-state index contributed by atoms with van der Waals surface area (Å²) in [5.41, 5.74) is 2.65. The Labute approximate surface area is 341 Å². The van der Waals surface area contributed by atoms with Gasteiger partial charge in [-0.3, -0.25) is 38.4 Å². The van der Waals surface area contributed by atoms with Crippen molar-refractivity contribution < 1.29 is 76.3 Å². The first-order valence-corrected chi connectivity index (χ1v) is 20.8. The van der Waals surface area contributed by atoms with Crippen LogP contribution in [0.5, 0.6) is 23.0 Å². The zero-order valence-corrected chi connectivity index (χ0v) is 35.9. The molecule has 0 aromatic heterocycles. The molecule has 16 nitrogen and oxygen atoms in total. The van der Waals surface area contributed by atoms with E-state index >= 15 is 0 Å². The number of esters is 8. The Morgan fingerprint density at radius 2 is 0.544 bits per heavy atom. The third kappa shape index (κ3) is 14.3. The molecule has 2 aromatic rings. The van der Waals surface area contributed by atoms with Gasteiger partial charge in [0.15, 0.2) is 0 Å². The van der Waals surface area contributed by atoms with Crippen LogP contribution in [0, 0.1) is 41.5 Å². The highest BCUT2D eigenvalue weighted by Gasteiger charge is 2.28. The standard InChI is InChI=1S/C38H46O16S3/c1-19-21(3)35(53-31(45)17-13-27(41)49-9)37(23(5)33(19)51-29(43)15-11-25(39)47-7)55-57-56-38-24(6)34(52-30(44)16-12-26(40)48-8)20(2)22(4)36(38)54-32(46)18-14-28(42)50-10/h11-18H2,1-10H3. The number of methoxy groups -OCH3 is 4. The Bertz CT molecular complexity index is 1750. The van der Waals surface area contributed by atoms with Gasteiger partial charge in [-0.25, -0.2) is 0 Å². The highest BCUT2D eigenvalue weighted by molar-refractivity contribution is 9.09. The van der Waals surface area contributed by atoms with Crippen molar-refractivity contribution in [1.82, 2.24) is 0 Å². The smallest absolute Gasteiger partial charge is 0.311 e. The zero-order chi connectivity index (χ0) is 43.0. The molecular weight excluding hydrogens is 809 g/mol. The fourth-order valence-electron chi connectivity index (χ4n) is 4.85. The van der Waals surface area contributed by atoms with E-state index in [-0.39, 0.29) is 74.4 Å². The van der Waals surface area contributed by atoms with Gasteiger partial charge in [0.05, 0.1) is 89.6 Å². The van der Waals surface area contributed by atoms with E-state index < -0.39 is 47.8 Å². The van der Waals surface area contributed by atoms with Gasteiger partial charge in [0, 0.05) is 11.1 Å². The molecule has 0 aliphatic rings. The molecule has 19 heteroatoms.